The van der Waals surface area contributed by atoms with Crippen molar-refractivity contribution in [1.82, 2.24) is 0 Å². The monoisotopic (exact) mass is 440 g/mol. The summed E-state index contributed by atoms with van der Waals surface area (Å²) < 4.78 is 57.2. The summed E-state index contributed by atoms with van der Waals surface area (Å²) in [5.74, 6) is -2.00. The SMILES string of the molecule is Cc1ccc(COc2ccc3c(=O)c(Oc4cccc(C)c4)c(C(F)(F)F)oc3c2)cc1. The van der Waals surface area contributed by atoms with Gasteiger partial charge in [-0.1, -0.05) is 42.0 Å². The lowest BCUT2D eigenvalue weighted by atomic mass is 10.1. The molecule has 0 saturated heterocycles. The van der Waals surface area contributed by atoms with E-state index in [-0.39, 0.29) is 29.1 Å². The summed E-state index contributed by atoms with van der Waals surface area (Å²) in [7, 11) is 0. The standard InChI is InChI=1S/C25H19F3O4/c1-15-6-8-17(9-7-15)14-30-18-10-11-20-21(13-18)32-24(25(26,27)28)23(22(20)29)31-19-5-3-4-16(2)12-19/h3-13H,14H2,1-2H3. The molecule has 32 heavy (non-hydrogen) atoms. The van der Waals surface area contributed by atoms with Crippen molar-refractivity contribution in [2.24, 2.45) is 0 Å². The molecular weight excluding hydrogens is 421 g/mol. The third kappa shape index (κ3) is 4.61. The first-order valence-corrected chi connectivity index (χ1v) is 9.81. The van der Waals surface area contributed by atoms with Gasteiger partial charge in [0.05, 0.1) is 5.39 Å². The van der Waals surface area contributed by atoms with Crippen LogP contribution in [-0.2, 0) is 12.8 Å². The number of rotatable bonds is 5. The fourth-order valence-corrected chi connectivity index (χ4v) is 3.17. The van der Waals surface area contributed by atoms with Crippen molar-refractivity contribution < 1.29 is 27.1 Å². The van der Waals surface area contributed by atoms with Crippen LogP contribution in [0.4, 0.5) is 13.2 Å². The molecule has 1 aromatic heterocycles. The molecule has 0 aliphatic carbocycles. The van der Waals surface area contributed by atoms with Crippen LogP contribution in [0.2, 0.25) is 0 Å². The van der Waals surface area contributed by atoms with Crippen LogP contribution in [0.1, 0.15) is 22.5 Å². The van der Waals surface area contributed by atoms with Gasteiger partial charge in [-0.05, 0) is 49.2 Å². The fourth-order valence-electron chi connectivity index (χ4n) is 3.17. The van der Waals surface area contributed by atoms with Crippen LogP contribution in [0.15, 0.2) is 75.9 Å². The average Bonchev–Trinajstić information content (AvgIpc) is 2.74. The molecule has 0 radical (unpaired) electrons. The van der Waals surface area contributed by atoms with Crippen molar-refractivity contribution in [2.45, 2.75) is 26.6 Å². The molecule has 0 saturated carbocycles. The van der Waals surface area contributed by atoms with Crippen molar-refractivity contribution in [3.63, 3.8) is 0 Å². The number of hydrogen-bond acceptors (Lipinski definition) is 4. The molecule has 0 fully saturated rings. The van der Waals surface area contributed by atoms with E-state index in [2.05, 4.69) is 0 Å². The molecule has 164 valence electrons. The number of ether oxygens (including phenoxy) is 2. The summed E-state index contributed by atoms with van der Waals surface area (Å²) in [5, 5.41) is -0.0386. The lowest BCUT2D eigenvalue weighted by Crippen LogP contribution is -2.15. The van der Waals surface area contributed by atoms with E-state index in [0.717, 1.165) is 16.7 Å². The second-order valence-electron chi connectivity index (χ2n) is 7.44. The lowest BCUT2D eigenvalue weighted by Gasteiger charge is -2.14. The fraction of sp³-hybridized carbons (Fsp3) is 0.160. The molecule has 3 aromatic carbocycles. The van der Waals surface area contributed by atoms with Crippen LogP contribution in [0.5, 0.6) is 17.2 Å². The number of halogens is 3. The molecule has 4 rings (SSSR count). The van der Waals surface area contributed by atoms with Gasteiger partial charge in [-0.3, -0.25) is 4.79 Å². The largest absolute Gasteiger partial charge is 0.489 e. The summed E-state index contributed by atoms with van der Waals surface area (Å²) in [6.45, 7) is 3.94. The first-order valence-electron chi connectivity index (χ1n) is 9.81. The van der Waals surface area contributed by atoms with E-state index in [1.807, 2.05) is 31.2 Å². The summed E-state index contributed by atoms with van der Waals surface area (Å²) in [6.07, 6.45) is -4.93. The smallest absolute Gasteiger partial charge is 0.453 e. The van der Waals surface area contributed by atoms with Gasteiger partial charge in [0.1, 0.15) is 23.7 Å². The molecule has 0 spiro atoms. The van der Waals surface area contributed by atoms with Crippen LogP contribution in [0.3, 0.4) is 0 Å². The van der Waals surface area contributed by atoms with Crippen molar-refractivity contribution in [3.8, 4) is 17.2 Å². The van der Waals surface area contributed by atoms with Crippen LogP contribution in [-0.4, -0.2) is 0 Å². The zero-order valence-electron chi connectivity index (χ0n) is 17.3. The minimum absolute atomic E-state index is 0.0386. The number of fused-ring (bicyclic) bond motifs is 1. The second-order valence-corrected chi connectivity index (χ2v) is 7.44. The number of benzene rings is 3. The molecule has 4 aromatic rings. The quantitative estimate of drug-likeness (QED) is 0.342. The van der Waals surface area contributed by atoms with Gasteiger partial charge in [0.2, 0.25) is 11.2 Å². The van der Waals surface area contributed by atoms with E-state index < -0.39 is 23.1 Å². The maximum atomic E-state index is 13.7. The van der Waals surface area contributed by atoms with E-state index in [9.17, 15) is 18.0 Å². The molecule has 0 atom stereocenters. The van der Waals surface area contributed by atoms with E-state index in [0.29, 0.717) is 0 Å². The highest BCUT2D eigenvalue weighted by Crippen LogP contribution is 2.38. The second kappa shape index (κ2) is 8.42. The Hall–Kier alpha value is -3.74. The van der Waals surface area contributed by atoms with Crippen molar-refractivity contribution in [3.05, 3.63) is 99.4 Å². The Labute approximate surface area is 181 Å². The molecule has 0 N–H and O–H groups in total. The van der Waals surface area contributed by atoms with Gasteiger partial charge in [-0.15, -0.1) is 0 Å². The molecule has 1 heterocycles. The van der Waals surface area contributed by atoms with Crippen LogP contribution < -0.4 is 14.9 Å². The van der Waals surface area contributed by atoms with Crippen molar-refractivity contribution in [1.29, 1.82) is 0 Å². The third-order valence-electron chi connectivity index (χ3n) is 4.82. The summed E-state index contributed by atoms with van der Waals surface area (Å²) in [6, 6.07) is 18.2. The molecule has 0 amide bonds. The predicted molar refractivity (Wildman–Crippen MR) is 114 cm³/mol. The Bertz CT molecular complexity index is 1320. The average molecular weight is 440 g/mol. The topological polar surface area (TPSA) is 48.7 Å². The Morgan fingerprint density at radius 1 is 0.875 bits per heavy atom. The third-order valence-corrected chi connectivity index (χ3v) is 4.82. The van der Waals surface area contributed by atoms with Gasteiger partial charge in [0.15, 0.2) is 0 Å². The zero-order valence-corrected chi connectivity index (χ0v) is 17.3. The number of hydrogen-bond donors (Lipinski definition) is 0. The molecular formula is C25H19F3O4. The highest BCUT2D eigenvalue weighted by molar-refractivity contribution is 5.79. The van der Waals surface area contributed by atoms with Gasteiger partial charge < -0.3 is 13.9 Å². The Balaban J connectivity index is 1.72. The normalized spacial score (nSPS) is 11.5. The highest BCUT2D eigenvalue weighted by Gasteiger charge is 2.40. The van der Waals surface area contributed by atoms with Gasteiger partial charge in [0, 0.05) is 6.07 Å². The van der Waals surface area contributed by atoms with Gasteiger partial charge in [-0.2, -0.15) is 13.2 Å². The summed E-state index contributed by atoms with van der Waals surface area (Å²) >= 11 is 0. The Kier molecular flexibility index (Phi) is 5.65. The highest BCUT2D eigenvalue weighted by atomic mass is 19.4. The molecule has 7 heteroatoms. The Morgan fingerprint density at radius 3 is 2.31 bits per heavy atom. The molecule has 0 bridgehead atoms. The van der Waals surface area contributed by atoms with Crippen molar-refractivity contribution >= 4 is 11.0 Å². The van der Waals surface area contributed by atoms with Crippen molar-refractivity contribution in [2.75, 3.05) is 0 Å². The first-order chi connectivity index (χ1) is 15.2. The van der Waals surface area contributed by atoms with Gasteiger partial charge in [-0.25, -0.2) is 0 Å². The summed E-state index contributed by atoms with van der Waals surface area (Å²) in [5.41, 5.74) is 1.63. The minimum atomic E-state index is -4.93. The zero-order chi connectivity index (χ0) is 22.9. The van der Waals surface area contributed by atoms with Crippen LogP contribution >= 0.6 is 0 Å². The van der Waals surface area contributed by atoms with E-state index >= 15 is 0 Å². The maximum Gasteiger partial charge on any atom is 0.453 e. The van der Waals surface area contributed by atoms with Crippen LogP contribution in [0, 0.1) is 13.8 Å². The van der Waals surface area contributed by atoms with E-state index in [1.54, 1.807) is 19.1 Å². The minimum Gasteiger partial charge on any atom is -0.489 e. The molecule has 0 aliphatic heterocycles. The number of alkyl halides is 3. The lowest BCUT2D eigenvalue weighted by molar-refractivity contribution is -0.154. The van der Waals surface area contributed by atoms with E-state index in [1.165, 1.54) is 30.3 Å². The Morgan fingerprint density at radius 2 is 1.62 bits per heavy atom. The summed E-state index contributed by atoms with van der Waals surface area (Å²) in [4.78, 5) is 12.9. The molecule has 0 unspecified atom stereocenters. The predicted octanol–water partition coefficient (Wildman–Crippen LogP) is 6.80. The number of aryl methyl sites for hydroxylation is 2. The maximum absolute atomic E-state index is 13.7. The molecule has 0 aliphatic rings. The van der Waals surface area contributed by atoms with Gasteiger partial charge >= 0.3 is 6.18 Å². The molecule has 4 nitrogen and oxygen atoms in total. The van der Waals surface area contributed by atoms with Crippen LogP contribution in [0.25, 0.3) is 11.0 Å². The van der Waals surface area contributed by atoms with E-state index in [4.69, 9.17) is 13.9 Å². The first kappa shape index (κ1) is 21.5. The van der Waals surface area contributed by atoms with Gasteiger partial charge in [0.25, 0.3) is 5.76 Å².